The number of alkyl halides is 4. The summed E-state index contributed by atoms with van der Waals surface area (Å²) in [5.74, 6) is 5.97. The summed E-state index contributed by atoms with van der Waals surface area (Å²) in [7, 11) is -0.401. The number of anilines is 2. The summed E-state index contributed by atoms with van der Waals surface area (Å²) in [4.78, 5) is 2.15. The molecule has 8 nitrogen and oxygen atoms in total. The topological polar surface area (TPSA) is 84.8 Å². The molecule has 2 heterocycles. The molecule has 2 N–H and O–H groups in total. The van der Waals surface area contributed by atoms with E-state index in [0.717, 1.165) is 23.8 Å². The number of sulfone groups is 1. The Hall–Kier alpha value is -3.47. The number of ether oxygens (including phenoxy) is 2. The molecule has 1 saturated heterocycles. The molecule has 2 aromatic carbocycles. The van der Waals surface area contributed by atoms with Crippen molar-refractivity contribution in [1.82, 2.24) is 9.47 Å². The van der Waals surface area contributed by atoms with Gasteiger partial charge in [0, 0.05) is 56.7 Å². The van der Waals surface area contributed by atoms with Gasteiger partial charge in [0.25, 0.3) is 0 Å². The van der Waals surface area contributed by atoms with E-state index in [9.17, 15) is 21.6 Å². The van der Waals surface area contributed by atoms with Crippen molar-refractivity contribution in [3.05, 3.63) is 48.2 Å². The summed E-state index contributed by atoms with van der Waals surface area (Å²) in [5.41, 5.74) is 1.53. The molecule has 1 aliphatic rings. The van der Waals surface area contributed by atoms with Crippen LogP contribution in [0.25, 0.3) is 10.9 Å². The molecule has 234 valence electrons. The number of rotatable bonds is 11. The fourth-order valence-corrected chi connectivity index (χ4v) is 5.79. The third-order valence-corrected chi connectivity index (χ3v) is 8.37. The van der Waals surface area contributed by atoms with Gasteiger partial charge in [0.1, 0.15) is 18.5 Å². The molecule has 1 aliphatic heterocycles. The van der Waals surface area contributed by atoms with Crippen molar-refractivity contribution in [3.63, 3.8) is 0 Å². The molecular weight excluding hydrogens is 588 g/mol. The van der Waals surface area contributed by atoms with Crippen LogP contribution in [-0.4, -0.2) is 89.5 Å². The molecule has 3 aromatic rings. The zero-order chi connectivity index (χ0) is 31.2. The van der Waals surface area contributed by atoms with Crippen LogP contribution in [0.4, 0.5) is 28.9 Å². The van der Waals surface area contributed by atoms with E-state index < -0.39 is 34.8 Å². The minimum Gasteiger partial charge on any atom is -0.495 e. The van der Waals surface area contributed by atoms with Gasteiger partial charge in [-0.25, -0.2) is 12.8 Å². The first-order valence-corrected chi connectivity index (χ1v) is 15.7. The monoisotopic (exact) mass is 624 g/mol. The van der Waals surface area contributed by atoms with E-state index in [4.69, 9.17) is 9.47 Å². The van der Waals surface area contributed by atoms with Gasteiger partial charge < -0.3 is 29.6 Å². The van der Waals surface area contributed by atoms with Gasteiger partial charge in [0.2, 0.25) is 0 Å². The number of halogens is 4. The molecule has 0 aliphatic carbocycles. The number of piperidine rings is 1. The van der Waals surface area contributed by atoms with Gasteiger partial charge in [0.15, 0.2) is 9.84 Å². The third kappa shape index (κ3) is 8.55. The average Bonchev–Trinajstić information content (AvgIpc) is 3.28. The zero-order valence-corrected chi connectivity index (χ0v) is 25.1. The number of fused-ring (bicyclic) bond motifs is 1. The quantitative estimate of drug-likeness (QED) is 0.178. The normalized spacial score (nSPS) is 17.8. The number of nitrogens with one attached hydrogen (secondary N) is 2. The molecule has 2 atom stereocenters. The van der Waals surface area contributed by atoms with Gasteiger partial charge >= 0.3 is 6.18 Å². The minimum absolute atomic E-state index is 0.0553. The van der Waals surface area contributed by atoms with Crippen LogP contribution in [0.1, 0.15) is 18.5 Å². The Morgan fingerprint density at radius 3 is 2.58 bits per heavy atom. The Balaban J connectivity index is 1.54. The second-order valence-corrected chi connectivity index (χ2v) is 12.5. The van der Waals surface area contributed by atoms with Crippen LogP contribution in [-0.2, 0) is 21.1 Å². The van der Waals surface area contributed by atoms with Gasteiger partial charge in [-0.2, -0.15) is 13.2 Å². The Labute approximate surface area is 249 Å². The highest BCUT2D eigenvalue weighted by atomic mass is 32.2. The molecule has 0 amide bonds. The van der Waals surface area contributed by atoms with E-state index in [2.05, 4.69) is 27.4 Å². The maximum Gasteiger partial charge on any atom is 0.406 e. The van der Waals surface area contributed by atoms with Gasteiger partial charge in [-0.1, -0.05) is 12.0 Å². The van der Waals surface area contributed by atoms with Gasteiger partial charge in [0.05, 0.1) is 41.5 Å². The first kappa shape index (κ1) is 32.4. The molecule has 13 heteroatoms. The molecule has 0 saturated carbocycles. The molecular formula is C30H36F4N4O4S. The van der Waals surface area contributed by atoms with Crippen LogP contribution in [0, 0.1) is 11.8 Å². The second kappa shape index (κ2) is 13.9. The number of hydrogen-bond acceptors (Lipinski definition) is 7. The average molecular weight is 625 g/mol. The zero-order valence-electron chi connectivity index (χ0n) is 24.3. The predicted molar refractivity (Wildman–Crippen MR) is 159 cm³/mol. The minimum atomic E-state index is -4.49. The lowest BCUT2D eigenvalue weighted by Crippen LogP contribution is -2.48. The van der Waals surface area contributed by atoms with Gasteiger partial charge in [-0.3, -0.25) is 0 Å². The summed E-state index contributed by atoms with van der Waals surface area (Å²) in [6, 6.07) is 10.4. The molecule has 43 heavy (non-hydrogen) atoms. The van der Waals surface area contributed by atoms with Crippen LogP contribution >= 0.6 is 0 Å². The van der Waals surface area contributed by atoms with Crippen molar-refractivity contribution >= 4 is 32.1 Å². The van der Waals surface area contributed by atoms with E-state index in [1.165, 1.54) is 25.3 Å². The smallest absolute Gasteiger partial charge is 0.406 e. The second-order valence-electron chi connectivity index (χ2n) is 10.5. The lowest BCUT2D eigenvalue weighted by Gasteiger charge is -2.35. The van der Waals surface area contributed by atoms with Crippen LogP contribution in [0.3, 0.4) is 0 Å². The molecule has 0 unspecified atom stereocenters. The van der Waals surface area contributed by atoms with E-state index in [0.29, 0.717) is 47.6 Å². The fraction of sp³-hybridized carbons (Fsp3) is 0.467. The first-order chi connectivity index (χ1) is 20.4. The third-order valence-electron chi connectivity index (χ3n) is 7.26. The SMILES string of the molecule is COCCCN1CC[C@H](Nc2cccc3c2cc(C#CCNc2ccc(S(C)(=O)=O)cc2OC)n3CC(F)(F)F)[C@@H](F)C1. The number of hydrogen-bond donors (Lipinski definition) is 2. The summed E-state index contributed by atoms with van der Waals surface area (Å²) >= 11 is 0. The molecule has 0 bridgehead atoms. The lowest BCUT2D eigenvalue weighted by molar-refractivity contribution is -0.140. The van der Waals surface area contributed by atoms with Crippen LogP contribution in [0.2, 0.25) is 0 Å². The Bertz CT molecular complexity index is 1580. The number of nitrogens with zero attached hydrogens (tertiary/aromatic N) is 2. The van der Waals surface area contributed by atoms with E-state index in [1.54, 1.807) is 31.4 Å². The molecule has 0 spiro atoms. The van der Waals surface area contributed by atoms with Crippen molar-refractivity contribution in [2.45, 2.75) is 42.7 Å². The number of aromatic nitrogens is 1. The maximum absolute atomic E-state index is 15.1. The fourth-order valence-electron chi connectivity index (χ4n) is 5.15. The maximum atomic E-state index is 15.1. The van der Waals surface area contributed by atoms with Gasteiger partial charge in [-0.05, 0) is 49.1 Å². The van der Waals surface area contributed by atoms with Crippen LogP contribution in [0.15, 0.2) is 47.4 Å². The Morgan fingerprint density at radius 1 is 1.12 bits per heavy atom. The van der Waals surface area contributed by atoms with Crippen LogP contribution in [0.5, 0.6) is 5.75 Å². The van der Waals surface area contributed by atoms with Crippen LogP contribution < -0.4 is 15.4 Å². The Kier molecular flexibility index (Phi) is 10.5. The van der Waals surface area contributed by atoms with Crippen molar-refractivity contribution in [2.24, 2.45) is 0 Å². The summed E-state index contributed by atoms with van der Waals surface area (Å²) < 4.78 is 91.0. The van der Waals surface area contributed by atoms with Crippen molar-refractivity contribution in [2.75, 3.05) is 63.9 Å². The summed E-state index contributed by atoms with van der Waals surface area (Å²) in [6.07, 6.45) is -3.17. The summed E-state index contributed by atoms with van der Waals surface area (Å²) in [5, 5.41) is 6.78. The van der Waals surface area contributed by atoms with Crippen molar-refractivity contribution in [3.8, 4) is 17.6 Å². The van der Waals surface area contributed by atoms with Crippen molar-refractivity contribution in [1.29, 1.82) is 0 Å². The van der Waals surface area contributed by atoms with E-state index >= 15 is 4.39 Å². The predicted octanol–water partition coefficient (Wildman–Crippen LogP) is 4.94. The number of methoxy groups -OCH3 is 2. The lowest BCUT2D eigenvalue weighted by atomic mass is 10.0. The summed E-state index contributed by atoms with van der Waals surface area (Å²) in [6.45, 7) is 1.16. The highest BCUT2D eigenvalue weighted by molar-refractivity contribution is 7.90. The standard InChI is InChI=1S/C30H36F4N4O4S/c1-41-16-6-14-37-15-12-26(24(31)19-37)36-25-8-4-9-28-23(25)17-21(38(28)20-30(32,33)34)7-5-13-35-27-11-10-22(43(3,39)40)18-29(27)42-2/h4,8-11,17-18,24,26,35-36H,6,12-16,19-20H2,1-3H3/t24-,26-/m0/s1. The Morgan fingerprint density at radius 2 is 1.91 bits per heavy atom. The molecule has 0 radical (unpaired) electrons. The highest BCUT2D eigenvalue weighted by Gasteiger charge is 2.31. The highest BCUT2D eigenvalue weighted by Crippen LogP contribution is 2.32. The largest absolute Gasteiger partial charge is 0.495 e. The van der Waals surface area contributed by atoms with E-state index in [1.807, 2.05) is 0 Å². The first-order valence-electron chi connectivity index (χ1n) is 13.8. The number of likely N-dealkylation sites (tertiary alicyclic amines) is 1. The van der Waals surface area contributed by atoms with Crippen molar-refractivity contribution < 1.29 is 35.5 Å². The number of benzene rings is 2. The van der Waals surface area contributed by atoms with Gasteiger partial charge in [-0.15, -0.1) is 0 Å². The molecule has 1 aromatic heterocycles. The molecule has 1 fully saturated rings. The van der Waals surface area contributed by atoms with E-state index in [-0.39, 0.29) is 23.7 Å². The molecule has 4 rings (SSSR count).